The number of nitrogens with zero attached hydrogens (tertiary/aromatic N) is 2. The van der Waals surface area contributed by atoms with Crippen LogP contribution in [0.4, 0.5) is 4.79 Å². The molecule has 15 nitrogen and oxygen atoms in total. The minimum absolute atomic E-state index is 0.195. The van der Waals surface area contributed by atoms with Gasteiger partial charge in [-0.1, -0.05) is 114 Å². The summed E-state index contributed by atoms with van der Waals surface area (Å²) >= 11 is 0. The first kappa shape index (κ1) is 68.5. The summed E-state index contributed by atoms with van der Waals surface area (Å²) in [5.74, 6) is -3.16. The average Bonchev–Trinajstić information content (AvgIpc) is 2.52. The average molecular weight is 1180 g/mol. The summed E-state index contributed by atoms with van der Waals surface area (Å²) in [6.07, 6.45) is 2.03. The lowest BCUT2D eigenvalue weighted by atomic mass is 9.68. The third-order valence-corrected chi connectivity index (χ3v) is 23.6. The third kappa shape index (κ3) is 16.9. The number of amides is 1. The lowest BCUT2D eigenvalue weighted by molar-refractivity contribution is -0.302. The van der Waals surface area contributed by atoms with Crippen LogP contribution >= 0.6 is 7.26 Å². The highest BCUT2D eigenvalue weighted by Gasteiger charge is 2.56. The summed E-state index contributed by atoms with van der Waals surface area (Å²) in [6, 6.07) is 32.4. The molecule has 3 heterocycles. The second-order valence-electron chi connectivity index (χ2n) is 25.9. The SMILES string of the molecule is CC[C@H]1OC(=O)[C@H](C)[C@@H](C2C[C@@](C)(OC)[C@@H](O)[C@H](C)O2)[C@H](C)[C@@H](O[C@@H]2O[C@H](C)C[C@H](N(C)C)[C@H]2O)[C@](C)(O)C[C@@H](C)CN(C)[C@H](C)[C@@H](OC(=O)NCCCCCCCCCC[P+](c2ccccc2)(c2ccccc2)c2ccccc2)[C@]1(C)O. The van der Waals surface area contributed by atoms with E-state index >= 15 is 4.79 Å². The number of aliphatic hydroxyl groups is 4. The molecule has 1 unspecified atom stereocenters. The normalized spacial score (nSPS) is 35.5. The molecule has 1 amide bonds. The highest BCUT2D eigenvalue weighted by Crippen LogP contribution is 2.56. The maximum absolute atomic E-state index is 15.0. The Bertz CT molecular complexity index is 2310. The molecule has 6 rings (SSSR count). The molecule has 0 aliphatic carbocycles. The van der Waals surface area contributed by atoms with Crippen molar-refractivity contribution in [1.29, 1.82) is 0 Å². The van der Waals surface area contributed by atoms with E-state index in [0.717, 1.165) is 44.7 Å². The number of unbranched alkanes of at least 4 members (excludes halogenated alkanes) is 7. The van der Waals surface area contributed by atoms with Crippen LogP contribution in [-0.2, 0) is 33.2 Å². The van der Waals surface area contributed by atoms with Crippen molar-refractivity contribution in [3.63, 3.8) is 0 Å². The molecule has 0 saturated carbocycles. The predicted molar refractivity (Wildman–Crippen MR) is 332 cm³/mol. The zero-order valence-corrected chi connectivity index (χ0v) is 53.7. The van der Waals surface area contributed by atoms with Crippen LogP contribution in [0.15, 0.2) is 91.0 Å². The van der Waals surface area contributed by atoms with Crippen molar-refractivity contribution in [3.05, 3.63) is 91.0 Å². The van der Waals surface area contributed by atoms with Crippen molar-refractivity contribution in [2.24, 2.45) is 23.7 Å². The number of methoxy groups -OCH3 is 1. The lowest BCUT2D eigenvalue weighted by Gasteiger charge is -2.51. The fourth-order valence-electron chi connectivity index (χ4n) is 14.2. The molecule has 83 heavy (non-hydrogen) atoms. The van der Waals surface area contributed by atoms with Gasteiger partial charge < -0.3 is 59.1 Å². The number of cyclic esters (lactones) is 1. The third-order valence-electron chi connectivity index (χ3n) is 19.0. The van der Waals surface area contributed by atoms with E-state index in [0.29, 0.717) is 19.5 Å². The van der Waals surface area contributed by atoms with Crippen LogP contribution in [0.3, 0.4) is 0 Å². The molecule has 0 spiro atoms. The largest absolute Gasteiger partial charge is 0.459 e. The molecule has 3 saturated heterocycles. The Morgan fingerprint density at radius 3 is 1.82 bits per heavy atom. The Morgan fingerprint density at radius 2 is 1.30 bits per heavy atom. The number of benzene rings is 3. The number of esters is 1. The van der Waals surface area contributed by atoms with E-state index in [9.17, 15) is 25.2 Å². The monoisotopic (exact) mass is 1180 g/mol. The predicted octanol–water partition coefficient (Wildman–Crippen LogP) is 9.02. The number of hydrogen-bond donors (Lipinski definition) is 5. The maximum Gasteiger partial charge on any atom is 0.407 e. The van der Waals surface area contributed by atoms with Crippen LogP contribution in [0.5, 0.6) is 0 Å². The lowest BCUT2D eigenvalue weighted by Crippen LogP contribution is -2.62. The molecule has 5 N–H and O–H groups in total. The first-order valence-corrected chi connectivity index (χ1v) is 33.2. The van der Waals surface area contributed by atoms with Gasteiger partial charge in [-0.15, -0.1) is 0 Å². The van der Waals surface area contributed by atoms with Crippen LogP contribution < -0.4 is 21.2 Å². The van der Waals surface area contributed by atoms with Crippen LogP contribution in [-0.4, -0.2) is 174 Å². The van der Waals surface area contributed by atoms with Crippen LogP contribution in [0.25, 0.3) is 0 Å². The first-order chi connectivity index (χ1) is 39.3. The van der Waals surface area contributed by atoms with E-state index in [4.69, 9.17) is 28.4 Å². The van der Waals surface area contributed by atoms with E-state index in [-0.39, 0.29) is 37.3 Å². The molecule has 466 valence electrons. The molecular weight excluding hydrogens is 1070 g/mol. The molecule has 18 atom stereocenters. The van der Waals surface area contributed by atoms with E-state index < -0.39 is 109 Å². The van der Waals surface area contributed by atoms with Gasteiger partial charge in [0.15, 0.2) is 12.4 Å². The number of carbonyl (C=O) groups excluding carboxylic acids is 2. The Kier molecular flexibility index (Phi) is 25.5. The smallest absolute Gasteiger partial charge is 0.407 e. The van der Waals surface area contributed by atoms with Crippen LogP contribution in [0, 0.1) is 23.7 Å². The molecular formula is C67H107N3O12P+. The van der Waals surface area contributed by atoms with Gasteiger partial charge in [-0.3, -0.25) is 9.69 Å². The minimum atomic E-state index is -1.87. The molecule has 3 fully saturated rings. The quantitative estimate of drug-likeness (QED) is 0.0386. The summed E-state index contributed by atoms with van der Waals surface area (Å²) in [5.41, 5.74) is -4.50. The molecule has 0 radical (unpaired) electrons. The maximum atomic E-state index is 15.0. The Hall–Kier alpha value is -3.57. The number of alkyl carbamates (subject to hydrolysis) is 1. The Labute approximate surface area is 499 Å². The summed E-state index contributed by atoms with van der Waals surface area (Å²) in [7, 11) is 5.41. The van der Waals surface area contributed by atoms with Gasteiger partial charge in [0.1, 0.15) is 47.1 Å². The highest BCUT2D eigenvalue weighted by molar-refractivity contribution is 7.95. The highest BCUT2D eigenvalue weighted by atomic mass is 31.2. The van der Waals surface area contributed by atoms with Crippen molar-refractivity contribution in [2.75, 3.05) is 47.5 Å². The van der Waals surface area contributed by atoms with Crippen LogP contribution in [0.2, 0.25) is 0 Å². The van der Waals surface area contributed by atoms with Gasteiger partial charge in [-0.05, 0) is 149 Å². The van der Waals surface area contributed by atoms with Gasteiger partial charge in [0.05, 0.1) is 47.7 Å². The molecule has 3 aromatic carbocycles. The topological polar surface area (TPSA) is 189 Å². The molecule has 3 aliphatic heterocycles. The Balaban J connectivity index is 1.13. The van der Waals surface area contributed by atoms with Crippen molar-refractivity contribution >= 4 is 35.2 Å². The summed E-state index contributed by atoms with van der Waals surface area (Å²) in [4.78, 5) is 32.9. The Morgan fingerprint density at radius 1 is 0.771 bits per heavy atom. The van der Waals surface area contributed by atoms with Gasteiger partial charge >= 0.3 is 12.1 Å². The summed E-state index contributed by atoms with van der Waals surface area (Å²) < 4.78 is 38.6. The number of aliphatic hydroxyl groups excluding tert-OH is 2. The minimum Gasteiger partial charge on any atom is -0.459 e. The molecule has 0 bridgehead atoms. The molecule has 3 aliphatic rings. The number of rotatable bonds is 21. The second kappa shape index (κ2) is 30.9. The number of likely N-dealkylation sites (N-methyl/N-ethyl adjacent to an activating group) is 2. The van der Waals surface area contributed by atoms with Crippen LogP contribution in [0.1, 0.15) is 146 Å². The number of hydrogen-bond acceptors (Lipinski definition) is 14. The fourth-order valence-corrected chi connectivity index (χ4v) is 18.7. The van der Waals surface area contributed by atoms with Crippen molar-refractivity contribution < 1.29 is 58.4 Å². The van der Waals surface area contributed by atoms with E-state index in [1.165, 1.54) is 28.8 Å². The second-order valence-corrected chi connectivity index (χ2v) is 29.5. The first-order valence-electron chi connectivity index (χ1n) is 31.2. The number of carbonyl (C=O) groups is 2. The number of nitrogens with one attached hydrogen (secondary N) is 1. The van der Waals surface area contributed by atoms with Crippen molar-refractivity contribution in [1.82, 2.24) is 15.1 Å². The molecule has 16 heteroatoms. The number of ether oxygens (including phenoxy) is 6. The summed E-state index contributed by atoms with van der Waals surface area (Å²) in [6.45, 7) is 19.1. The van der Waals surface area contributed by atoms with E-state index in [1.807, 2.05) is 72.5 Å². The van der Waals surface area contributed by atoms with Gasteiger partial charge in [-0.2, -0.15) is 0 Å². The van der Waals surface area contributed by atoms with Crippen molar-refractivity contribution in [2.45, 2.75) is 230 Å². The van der Waals surface area contributed by atoms with Gasteiger partial charge in [0.2, 0.25) is 0 Å². The van der Waals surface area contributed by atoms with Crippen molar-refractivity contribution in [3.8, 4) is 0 Å². The van der Waals surface area contributed by atoms with Gasteiger partial charge in [0, 0.05) is 44.6 Å². The van der Waals surface area contributed by atoms with Gasteiger partial charge in [0.25, 0.3) is 0 Å². The summed E-state index contributed by atoms with van der Waals surface area (Å²) in [5, 5.41) is 56.2. The van der Waals surface area contributed by atoms with E-state index in [2.05, 4.69) is 96.3 Å². The molecule has 0 aromatic heterocycles. The van der Waals surface area contributed by atoms with E-state index in [1.54, 1.807) is 34.8 Å². The fraction of sp³-hybridized carbons (Fsp3) is 0.701. The molecule has 3 aromatic rings. The standard InChI is InChI=1S/C67H106N3O12P/c1-15-56-67(10,76)61(82-64(74)68-39-31-20-18-16-17-19-21-32-40-83(51-33-25-22-26-34-51,52-35-27-23-28-36-52)53-37-29-24-30-38-53)49(6)70(13)44-45(2)42-65(8,75)60(81-63-58(71)54(69(11)12)41-46(3)78-63)47(4)57(48(5)62(73)80-56)55-43-66(9,77-14)59(72)50(7)79-55/h22-30,33-38,45-50,54-61,63,71-72,75-76H,15-21,31-32,39-44H2,1-14H3/p+1/t45-,46-,47+,48-,49-,50+,54+,55?,56-,57+,58-,59+,60-,61-,63+,65-,66-,67-/m1/s1. The zero-order chi connectivity index (χ0) is 60.9. The zero-order valence-electron chi connectivity index (χ0n) is 52.8. The van der Waals surface area contributed by atoms with Gasteiger partial charge in [-0.25, -0.2) is 4.79 Å².